The number of ether oxygens (including phenoxy) is 1. The van der Waals surface area contributed by atoms with Gasteiger partial charge < -0.3 is 9.30 Å². The third-order valence-corrected chi connectivity index (χ3v) is 3.20. The van der Waals surface area contributed by atoms with E-state index in [1.807, 2.05) is 36.0 Å². The van der Waals surface area contributed by atoms with Crippen LogP contribution < -0.4 is 4.74 Å². The number of aryl methyl sites for hydroxylation is 1. The number of imidazole rings is 1. The molecule has 4 heteroatoms. The Labute approximate surface area is 112 Å². The molecule has 0 spiro atoms. The van der Waals surface area contributed by atoms with E-state index in [9.17, 15) is 0 Å². The molecule has 3 nitrogen and oxygen atoms in total. The Balaban J connectivity index is 2.08. The Morgan fingerprint density at radius 3 is 2.72 bits per heavy atom. The van der Waals surface area contributed by atoms with Gasteiger partial charge in [-0.1, -0.05) is 31.5 Å². The lowest BCUT2D eigenvalue weighted by atomic mass is 10.0. The number of hydrogen-bond acceptors (Lipinski definition) is 2. The molecule has 96 valence electrons. The predicted octanol–water partition coefficient (Wildman–Crippen LogP) is 3.78. The van der Waals surface area contributed by atoms with Gasteiger partial charge in [-0.2, -0.15) is 0 Å². The zero-order valence-electron chi connectivity index (χ0n) is 10.9. The average Bonchev–Trinajstić information content (AvgIpc) is 2.73. The van der Waals surface area contributed by atoms with Crippen LogP contribution in [-0.2, 0) is 13.7 Å². The van der Waals surface area contributed by atoms with Crippen LogP contribution in [0.25, 0.3) is 0 Å². The van der Waals surface area contributed by atoms with Crippen molar-refractivity contribution in [2.75, 3.05) is 0 Å². The lowest BCUT2D eigenvalue weighted by Gasteiger charge is -2.11. The summed E-state index contributed by atoms with van der Waals surface area (Å²) in [5, 5.41) is 0.649. The Hall–Kier alpha value is -1.48. The van der Waals surface area contributed by atoms with E-state index in [1.165, 1.54) is 5.56 Å². The minimum Gasteiger partial charge on any atom is -0.484 e. The number of rotatable bonds is 4. The molecule has 2 rings (SSSR count). The second kappa shape index (κ2) is 5.44. The lowest BCUT2D eigenvalue weighted by Crippen LogP contribution is -2.03. The summed E-state index contributed by atoms with van der Waals surface area (Å²) in [6.07, 6.45) is 3.64. The second-order valence-corrected chi connectivity index (χ2v) is 4.99. The standard InChI is InChI=1S/C14H17ClN2O/c1-10(2)11-4-5-13(12(15)8-11)18-9-14-16-6-7-17(14)3/h4-8,10H,9H2,1-3H3. The molecule has 0 aliphatic rings. The van der Waals surface area contributed by atoms with Crippen molar-refractivity contribution < 1.29 is 4.74 Å². The van der Waals surface area contributed by atoms with Gasteiger partial charge in [0.25, 0.3) is 0 Å². The number of aromatic nitrogens is 2. The molecule has 0 atom stereocenters. The molecule has 1 aromatic carbocycles. The first-order chi connectivity index (χ1) is 8.58. The van der Waals surface area contributed by atoms with Crippen molar-refractivity contribution >= 4 is 11.6 Å². The van der Waals surface area contributed by atoms with Crippen molar-refractivity contribution in [3.63, 3.8) is 0 Å². The maximum absolute atomic E-state index is 6.20. The Bertz CT molecular complexity index is 534. The van der Waals surface area contributed by atoms with Crippen LogP contribution in [0.2, 0.25) is 5.02 Å². The molecule has 0 aliphatic heterocycles. The smallest absolute Gasteiger partial charge is 0.146 e. The third kappa shape index (κ3) is 2.85. The van der Waals surface area contributed by atoms with Gasteiger partial charge in [0.1, 0.15) is 18.2 Å². The minimum absolute atomic E-state index is 0.421. The number of benzene rings is 1. The van der Waals surface area contributed by atoms with E-state index in [-0.39, 0.29) is 0 Å². The lowest BCUT2D eigenvalue weighted by molar-refractivity contribution is 0.292. The highest BCUT2D eigenvalue weighted by molar-refractivity contribution is 6.32. The molecule has 1 heterocycles. The third-order valence-electron chi connectivity index (χ3n) is 2.90. The maximum atomic E-state index is 6.20. The number of halogens is 1. The summed E-state index contributed by atoms with van der Waals surface area (Å²) in [5.74, 6) is 2.04. The summed E-state index contributed by atoms with van der Waals surface area (Å²) in [6.45, 7) is 4.70. The Morgan fingerprint density at radius 2 is 2.17 bits per heavy atom. The molecule has 0 aliphatic carbocycles. The fourth-order valence-electron chi connectivity index (χ4n) is 1.67. The first-order valence-electron chi connectivity index (χ1n) is 5.96. The van der Waals surface area contributed by atoms with E-state index in [4.69, 9.17) is 16.3 Å². The fraction of sp³-hybridized carbons (Fsp3) is 0.357. The van der Waals surface area contributed by atoms with Gasteiger partial charge >= 0.3 is 0 Å². The number of nitrogens with zero attached hydrogens (tertiary/aromatic N) is 2. The van der Waals surface area contributed by atoms with E-state index < -0.39 is 0 Å². The molecule has 18 heavy (non-hydrogen) atoms. The molecule has 0 radical (unpaired) electrons. The summed E-state index contributed by atoms with van der Waals surface area (Å²) in [4.78, 5) is 4.20. The van der Waals surface area contributed by atoms with Crippen LogP contribution in [0.15, 0.2) is 30.6 Å². The summed E-state index contributed by atoms with van der Waals surface area (Å²) >= 11 is 6.20. The molecule has 1 aromatic heterocycles. The molecule has 0 N–H and O–H groups in total. The summed E-state index contributed by atoms with van der Waals surface area (Å²) < 4.78 is 7.61. The molecular weight excluding hydrogens is 248 g/mol. The van der Waals surface area contributed by atoms with E-state index in [1.54, 1.807) is 6.20 Å². The second-order valence-electron chi connectivity index (χ2n) is 4.59. The zero-order chi connectivity index (χ0) is 13.1. The molecule has 0 fully saturated rings. The zero-order valence-corrected chi connectivity index (χ0v) is 11.6. The molecule has 0 saturated carbocycles. The van der Waals surface area contributed by atoms with Gasteiger partial charge in [0.15, 0.2) is 0 Å². The molecule has 0 unspecified atom stereocenters. The van der Waals surface area contributed by atoms with Crippen LogP contribution >= 0.6 is 11.6 Å². The maximum Gasteiger partial charge on any atom is 0.146 e. The van der Waals surface area contributed by atoms with Crippen LogP contribution in [0.3, 0.4) is 0 Å². The highest BCUT2D eigenvalue weighted by Crippen LogP contribution is 2.28. The molecular formula is C14H17ClN2O. The van der Waals surface area contributed by atoms with Crippen molar-refractivity contribution in [2.45, 2.75) is 26.4 Å². The monoisotopic (exact) mass is 264 g/mol. The van der Waals surface area contributed by atoms with Gasteiger partial charge in [-0.05, 0) is 23.6 Å². The minimum atomic E-state index is 0.421. The van der Waals surface area contributed by atoms with Gasteiger partial charge in [-0.25, -0.2) is 4.98 Å². The fourth-order valence-corrected chi connectivity index (χ4v) is 1.91. The molecule has 0 saturated heterocycles. The molecule has 2 aromatic rings. The summed E-state index contributed by atoms with van der Waals surface area (Å²) in [5.41, 5.74) is 1.21. The average molecular weight is 265 g/mol. The van der Waals surface area contributed by atoms with E-state index >= 15 is 0 Å². The van der Waals surface area contributed by atoms with Crippen LogP contribution in [0.1, 0.15) is 31.2 Å². The van der Waals surface area contributed by atoms with Gasteiger partial charge in [-0.3, -0.25) is 0 Å². The SMILES string of the molecule is CC(C)c1ccc(OCc2nccn2C)c(Cl)c1. The summed E-state index contributed by atoms with van der Waals surface area (Å²) in [6, 6.07) is 5.92. The van der Waals surface area contributed by atoms with Crippen LogP contribution in [0.4, 0.5) is 0 Å². The largest absolute Gasteiger partial charge is 0.484 e. The first kappa shape index (κ1) is 13.0. The predicted molar refractivity (Wildman–Crippen MR) is 73.1 cm³/mol. The Kier molecular flexibility index (Phi) is 3.92. The van der Waals surface area contributed by atoms with Crippen molar-refractivity contribution in [3.05, 3.63) is 47.0 Å². The van der Waals surface area contributed by atoms with Gasteiger partial charge in [-0.15, -0.1) is 0 Å². The van der Waals surface area contributed by atoms with Crippen LogP contribution in [-0.4, -0.2) is 9.55 Å². The first-order valence-corrected chi connectivity index (χ1v) is 6.34. The van der Waals surface area contributed by atoms with Gasteiger partial charge in [0.2, 0.25) is 0 Å². The Morgan fingerprint density at radius 1 is 1.39 bits per heavy atom. The summed E-state index contributed by atoms with van der Waals surface area (Å²) in [7, 11) is 1.94. The van der Waals surface area contributed by atoms with E-state index in [0.29, 0.717) is 23.3 Å². The molecule has 0 amide bonds. The van der Waals surface area contributed by atoms with Crippen molar-refractivity contribution in [1.29, 1.82) is 0 Å². The highest BCUT2D eigenvalue weighted by atomic mass is 35.5. The van der Waals surface area contributed by atoms with Gasteiger partial charge in [0, 0.05) is 19.4 Å². The van der Waals surface area contributed by atoms with Crippen LogP contribution in [0.5, 0.6) is 5.75 Å². The molecule has 0 bridgehead atoms. The quantitative estimate of drug-likeness (QED) is 0.840. The van der Waals surface area contributed by atoms with E-state index in [2.05, 4.69) is 18.8 Å². The van der Waals surface area contributed by atoms with E-state index in [0.717, 1.165) is 5.82 Å². The van der Waals surface area contributed by atoms with Crippen molar-refractivity contribution in [2.24, 2.45) is 7.05 Å². The normalized spacial score (nSPS) is 10.9. The van der Waals surface area contributed by atoms with Crippen molar-refractivity contribution in [3.8, 4) is 5.75 Å². The van der Waals surface area contributed by atoms with Crippen molar-refractivity contribution in [1.82, 2.24) is 9.55 Å². The van der Waals surface area contributed by atoms with Gasteiger partial charge in [0.05, 0.1) is 5.02 Å². The topological polar surface area (TPSA) is 27.1 Å². The van der Waals surface area contributed by atoms with Crippen LogP contribution in [0, 0.1) is 0 Å². The number of hydrogen-bond donors (Lipinski definition) is 0. The highest BCUT2D eigenvalue weighted by Gasteiger charge is 2.07.